The van der Waals surface area contributed by atoms with Crippen LogP contribution in [0, 0.1) is 13.8 Å². The molecule has 1 aliphatic rings. The first kappa shape index (κ1) is 22.7. The second kappa shape index (κ2) is 12.1. The van der Waals surface area contributed by atoms with Crippen molar-refractivity contribution in [3.8, 4) is 5.75 Å². The first-order valence-corrected chi connectivity index (χ1v) is 10.3. The Morgan fingerprint density at radius 3 is 2.31 bits per heavy atom. The number of benzene rings is 2. The van der Waals surface area contributed by atoms with Gasteiger partial charge in [0, 0.05) is 37.1 Å². The molecular weight excluding hydrogens is 366 g/mol. The molecule has 2 aromatic rings. The highest BCUT2D eigenvalue weighted by atomic mass is 16.5. The van der Waals surface area contributed by atoms with E-state index in [9.17, 15) is 4.79 Å². The van der Waals surface area contributed by atoms with Gasteiger partial charge in [-0.3, -0.25) is 4.90 Å². The van der Waals surface area contributed by atoms with Gasteiger partial charge in [0.1, 0.15) is 12.4 Å². The number of aryl methyl sites for hydroxylation is 2. The molecule has 29 heavy (non-hydrogen) atoms. The molecular formula is C23H33N3O3. The van der Waals surface area contributed by atoms with Crippen molar-refractivity contribution in [2.45, 2.75) is 27.7 Å². The standard InChI is InChI=1S/C21H27N3O3.C2H6/c1-16-3-6-18(7-4-16)22-21(25)23-19-8-5-17(2)20(15-19)27-14-11-24-9-12-26-13-10-24;1-2/h3-8,15H,9-14H2,1-2H3,(H2,22,23,25);1-2H3. The Hall–Kier alpha value is -2.57. The zero-order valence-electron chi connectivity index (χ0n) is 18.0. The van der Waals surface area contributed by atoms with E-state index < -0.39 is 0 Å². The van der Waals surface area contributed by atoms with Gasteiger partial charge in [-0.05, 0) is 37.6 Å². The fourth-order valence-electron chi connectivity index (χ4n) is 2.87. The maximum atomic E-state index is 12.2. The predicted molar refractivity (Wildman–Crippen MR) is 119 cm³/mol. The number of nitrogens with zero attached hydrogens (tertiary/aromatic N) is 1. The Kier molecular flexibility index (Phi) is 9.47. The number of ether oxygens (including phenoxy) is 2. The van der Waals surface area contributed by atoms with Crippen LogP contribution in [-0.2, 0) is 4.74 Å². The third-order valence-electron chi connectivity index (χ3n) is 4.52. The van der Waals surface area contributed by atoms with Gasteiger partial charge >= 0.3 is 6.03 Å². The number of urea groups is 1. The highest BCUT2D eigenvalue weighted by molar-refractivity contribution is 5.99. The largest absolute Gasteiger partial charge is 0.492 e. The molecule has 1 heterocycles. The van der Waals surface area contributed by atoms with Crippen LogP contribution in [0.15, 0.2) is 42.5 Å². The van der Waals surface area contributed by atoms with E-state index in [1.54, 1.807) is 0 Å². The lowest BCUT2D eigenvalue weighted by molar-refractivity contribution is 0.0322. The third-order valence-corrected chi connectivity index (χ3v) is 4.52. The monoisotopic (exact) mass is 399 g/mol. The van der Waals surface area contributed by atoms with E-state index in [-0.39, 0.29) is 6.03 Å². The summed E-state index contributed by atoms with van der Waals surface area (Å²) in [6.45, 7) is 13.0. The fourth-order valence-corrected chi connectivity index (χ4v) is 2.87. The number of carbonyl (C=O) groups is 1. The summed E-state index contributed by atoms with van der Waals surface area (Å²) >= 11 is 0. The van der Waals surface area contributed by atoms with Gasteiger partial charge in [-0.25, -0.2) is 4.79 Å². The Morgan fingerprint density at radius 2 is 1.62 bits per heavy atom. The van der Waals surface area contributed by atoms with E-state index in [1.807, 2.05) is 70.2 Å². The Balaban J connectivity index is 0.00000145. The quantitative estimate of drug-likeness (QED) is 0.740. The molecule has 1 fully saturated rings. The number of hydrogen-bond acceptors (Lipinski definition) is 4. The van der Waals surface area contributed by atoms with Crippen LogP contribution in [0.5, 0.6) is 5.75 Å². The minimum Gasteiger partial charge on any atom is -0.492 e. The molecule has 2 N–H and O–H groups in total. The number of morpholine rings is 1. The lowest BCUT2D eigenvalue weighted by atomic mass is 10.2. The average molecular weight is 400 g/mol. The average Bonchev–Trinajstić information content (AvgIpc) is 2.74. The summed E-state index contributed by atoms with van der Waals surface area (Å²) in [5, 5.41) is 5.68. The molecule has 158 valence electrons. The van der Waals surface area contributed by atoms with Crippen LogP contribution in [0.3, 0.4) is 0 Å². The van der Waals surface area contributed by atoms with Gasteiger partial charge in [0.2, 0.25) is 0 Å². The van der Waals surface area contributed by atoms with E-state index in [2.05, 4.69) is 15.5 Å². The molecule has 0 bridgehead atoms. The van der Waals surface area contributed by atoms with Crippen molar-refractivity contribution in [1.29, 1.82) is 0 Å². The zero-order chi connectivity index (χ0) is 21.1. The maximum Gasteiger partial charge on any atom is 0.323 e. The first-order chi connectivity index (χ1) is 14.1. The number of rotatable bonds is 6. The normalized spacial score (nSPS) is 13.8. The van der Waals surface area contributed by atoms with Gasteiger partial charge in [-0.15, -0.1) is 0 Å². The van der Waals surface area contributed by atoms with Crippen molar-refractivity contribution < 1.29 is 14.3 Å². The highest BCUT2D eigenvalue weighted by Crippen LogP contribution is 2.23. The zero-order valence-corrected chi connectivity index (χ0v) is 18.0. The highest BCUT2D eigenvalue weighted by Gasteiger charge is 2.11. The summed E-state index contributed by atoms with van der Waals surface area (Å²) in [6, 6.07) is 13.1. The lowest BCUT2D eigenvalue weighted by Gasteiger charge is -2.26. The molecule has 6 heteroatoms. The van der Waals surface area contributed by atoms with Crippen molar-refractivity contribution in [3.05, 3.63) is 53.6 Å². The fraction of sp³-hybridized carbons (Fsp3) is 0.435. The Morgan fingerprint density at radius 1 is 1.00 bits per heavy atom. The number of nitrogens with one attached hydrogen (secondary N) is 2. The molecule has 1 saturated heterocycles. The number of amides is 2. The molecule has 2 amide bonds. The Labute approximate surface area is 174 Å². The Bertz CT molecular complexity index is 756. The number of hydrogen-bond donors (Lipinski definition) is 2. The molecule has 0 aromatic heterocycles. The second-order valence-corrected chi connectivity index (χ2v) is 6.73. The van der Waals surface area contributed by atoms with Crippen LogP contribution < -0.4 is 15.4 Å². The smallest absolute Gasteiger partial charge is 0.323 e. The van der Waals surface area contributed by atoms with E-state index in [0.29, 0.717) is 12.3 Å². The summed E-state index contributed by atoms with van der Waals surface area (Å²) in [4.78, 5) is 14.5. The van der Waals surface area contributed by atoms with Gasteiger partial charge in [0.05, 0.1) is 13.2 Å². The second-order valence-electron chi connectivity index (χ2n) is 6.73. The minimum atomic E-state index is -0.276. The van der Waals surface area contributed by atoms with E-state index >= 15 is 0 Å². The molecule has 0 atom stereocenters. The van der Waals surface area contributed by atoms with Crippen LogP contribution in [0.2, 0.25) is 0 Å². The van der Waals surface area contributed by atoms with Crippen molar-refractivity contribution in [2.24, 2.45) is 0 Å². The maximum absolute atomic E-state index is 12.2. The van der Waals surface area contributed by atoms with Crippen molar-refractivity contribution >= 4 is 17.4 Å². The topological polar surface area (TPSA) is 62.8 Å². The molecule has 1 aliphatic heterocycles. The van der Waals surface area contributed by atoms with E-state index in [1.165, 1.54) is 0 Å². The molecule has 2 aromatic carbocycles. The van der Waals surface area contributed by atoms with Crippen LogP contribution in [0.25, 0.3) is 0 Å². The summed E-state index contributed by atoms with van der Waals surface area (Å²) in [6.07, 6.45) is 0. The molecule has 3 rings (SSSR count). The van der Waals surface area contributed by atoms with Crippen molar-refractivity contribution in [3.63, 3.8) is 0 Å². The molecule has 6 nitrogen and oxygen atoms in total. The van der Waals surface area contributed by atoms with Gasteiger partial charge in [-0.2, -0.15) is 0 Å². The van der Waals surface area contributed by atoms with Gasteiger partial charge in [0.25, 0.3) is 0 Å². The van der Waals surface area contributed by atoms with Gasteiger partial charge < -0.3 is 20.1 Å². The van der Waals surface area contributed by atoms with Crippen LogP contribution in [0.1, 0.15) is 25.0 Å². The predicted octanol–water partition coefficient (Wildman–Crippen LogP) is 4.68. The first-order valence-electron chi connectivity index (χ1n) is 10.3. The molecule has 0 radical (unpaired) electrons. The summed E-state index contributed by atoms with van der Waals surface area (Å²) in [5.41, 5.74) is 3.65. The van der Waals surface area contributed by atoms with Crippen molar-refractivity contribution in [2.75, 3.05) is 50.1 Å². The molecule has 0 spiro atoms. The van der Waals surface area contributed by atoms with Gasteiger partial charge in [0.15, 0.2) is 0 Å². The summed E-state index contributed by atoms with van der Waals surface area (Å²) in [7, 11) is 0. The number of anilines is 2. The molecule has 0 saturated carbocycles. The summed E-state index contributed by atoms with van der Waals surface area (Å²) in [5.74, 6) is 0.788. The minimum absolute atomic E-state index is 0.276. The van der Waals surface area contributed by atoms with Crippen LogP contribution in [0.4, 0.5) is 16.2 Å². The molecule has 0 unspecified atom stereocenters. The van der Waals surface area contributed by atoms with Gasteiger partial charge in [-0.1, -0.05) is 37.6 Å². The van der Waals surface area contributed by atoms with E-state index in [0.717, 1.165) is 55.4 Å². The van der Waals surface area contributed by atoms with Crippen LogP contribution >= 0.6 is 0 Å². The van der Waals surface area contributed by atoms with Crippen molar-refractivity contribution in [1.82, 2.24) is 4.90 Å². The van der Waals surface area contributed by atoms with E-state index in [4.69, 9.17) is 9.47 Å². The van der Waals surface area contributed by atoms with Crippen LogP contribution in [-0.4, -0.2) is 50.4 Å². The lowest BCUT2D eigenvalue weighted by Crippen LogP contribution is -2.38. The number of carbonyl (C=O) groups excluding carboxylic acids is 1. The molecule has 0 aliphatic carbocycles. The SMILES string of the molecule is CC.Cc1ccc(NC(=O)Nc2ccc(C)c(OCCN3CCOCC3)c2)cc1. The summed E-state index contributed by atoms with van der Waals surface area (Å²) < 4.78 is 11.3. The third kappa shape index (κ3) is 7.75.